The number of amides is 1. The number of carbonyl (C=O) groups is 2. The molecule has 4 rings (SSSR count). The zero-order chi connectivity index (χ0) is 20.9. The number of hydrogen-bond donors (Lipinski definition) is 2. The van der Waals surface area contributed by atoms with Crippen molar-refractivity contribution in [1.29, 1.82) is 0 Å². The molecule has 1 amide bonds. The van der Waals surface area contributed by atoms with Crippen LogP contribution in [-0.4, -0.2) is 26.9 Å². The number of ketones is 1. The molecular weight excluding hydrogens is 384 g/mol. The average molecular weight is 402 g/mol. The normalized spacial score (nSPS) is 10.6. The molecule has 0 atom stereocenters. The van der Waals surface area contributed by atoms with Crippen molar-refractivity contribution in [3.63, 3.8) is 0 Å². The van der Waals surface area contributed by atoms with Crippen LogP contribution in [-0.2, 0) is 6.61 Å². The lowest BCUT2D eigenvalue weighted by Crippen LogP contribution is -2.11. The van der Waals surface area contributed by atoms with Crippen LogP contribution in [0.25, 0.3) is 11.3 Å². The summed E-state index contributed by atoms with van der Waals surface area (Å²) in [5, 5.41) is 9.65. The second-order valence-corrected chi connectivity index (χ2v) is 6.49. The number of nitrogens with one attached hydrogen (secondary N) is 2. The van der Waals surface area contributed by atoms with Crippen LogP contribution in [0.5, 0.6) is 5.75 Å². The molecule has 0 aliphatic rings. The molecular formula is C22H18N4O4. The maximum absolute atomic E-state index is 12.4. The maximum atomic E-state index is 12.4. The van der Waals surface area contributed by atoms with Crippen molar-refractivity contribution in [3.05, 3.63) is 84.1 Å². The third-order valence-electron chi connectivity index (χ3n) is 4.34. The largest absolute Gasteiger partial charge is 0.486 e. The third kappa shape index (κ3) is 4.44. The second-order valence-electron chi connectivity index (χ2n) is 6.49. The van der Waals surface area contributed by atoms with Gasteiger partial charge < -0.3 is 14.5 Å². The van der Waals surface area contributed by atoms with E-state index in [1.807, 2.05) is 12.1 Å². The topological polar surface area (TPSA) is 110 Å². The van der Waals surface area contributed by atoms with E-state index < -0.39 is 5.91 Å². The van der Waals surface area contributed by atoms with Gasteiger partial charge in [-0.05, 0) is 55.5 Å². The van der Waals surface area contributed by atoms with Gasteiger partial charge in [-0.1, -0.05) is 0 Å². The summed E-state index contributed by atoms with van der Waals surface area (Å²) < 4.78 is 11.2. The van der Waals surface area contributed by atoms with Crippen molar-refractivity contribution in [2.24, 2.45) is 0 Å². The summed E-state index contributed by atoms with van der Waals surface area (Å²) in [4.78, 5) is 27.7. The van der Waals surface area contributed by atoms with Crippen molar-refractivity contribution in [2.75, 3.05) is 5.32 Å². The molecule has 150 valence electrons. The SMILES string of the molecule is CC(=O)c1ccc(OCc2ccc(C(=O)Nc3cc(-c4ccncc4)[nH]n3)o2)cc1. The quantitative estimate of drug-likeness (QED) is 0.450. The molecule has 0 aliphatic carbocycles. The first-order chi connectivity index (χ1) is 14.6. The van der Waals surface area contributed by atoms with E-state index in [4.69, 9.17) is 9.15 Å². The highest BCUT2D eigenvalue weighted by molar-refractivity contribution is 6.01. The molecule has 0 radical (unpaired) electrons. The van der Waals surface area contributed by atoms with Crippen molar-refractivity contribution in [3.8, 4) is 17.0 Å². The molecule has 0 spiro atoms. The molecule has 3 heterocycles. The number of carbonyl (C=O) groups excluding carboxylic acids is 2. The Balaban J connectivity index is 1.35. The van der Waals surface area contributed by atoms with Crippen LogP contribution in [0.15, 0.2) is 71.4 Å². The van der Waals surface area contributed by atoms with E-state index in [0.717, 1.165) is 11.3 Å². The molecule has 8 nitrogen and oxygen atoms in total. The number of ether oxygens (including phenoxy) is 1. The van der Waals surface area contributed by atoms with Gasteiger partial charge in [0.05, 0.1) is 5.69 Å². The number of Topliss-reactive ketones (excluding diaryl/α,β-unsaturated/α-hetero) is 1. The summed E-state index contributed by atoms with van der Waals surface area (Å²) in [6.07, 6.45) is 3.36. The molecule has 1 aromatic carbocycles. The second kappa shape index (κ2) is 8.44. The number of furan rings is 1. The maximum Gasteiger partial charge on any atom is 0.292 e. The highest BCUT2D eigenvalue weighted by atomic mass is 16.5. The summed E-state index contributed by atoms with van der Waals surface area (Å²) in [7, 11) is 0. The molecule has 8 heteroatoms. The van der Waals surface area contributed by atoms with E-state index in [2.05, 4.69) is 20.5 Å². The number of hydrogen-bond acceptors (Lipinski definition) is 6. The predicted molar refractivity (Wildman–Crippen MR) is 109 cm³/mol. The van der Waals surface area contributed by atoms with Crippen LogP contribution in [0, 0.1) is 0 Å². The van der Waals surface area contributed by atoms with Gasteiger partial charge in [-0.3, -0.25) is 19.7 Å². The van der Waals surface area contributed by atoms with Gasteiger partial charge in [0.25, 0.3) is 5.91 Å². The number of aromatic nitrogens is 3. The van der Waals surface area contributed by atoms with Crippen LogP contribution in [0.4, 0.5) is 5.82 Å². The molecule has 0 fully saturated rings. The van der Waals surface area contributed by atoms with Gasteiger partial charge >= 0.3 is 0 Å². The number of benzene rings is 1. The zero-order valence-corrected chi connectivity index (χ0v) is 16.1. The number of aromatic amines is 1. The predicted octanol–water partition coefficient (Wildman–Crippen LogP) is 4.10. The molecule has 0 unspecified atom stereocenters. The average Bonchev–Trinajstić information content (AvgIpc) is 3.43. The Kier molecular flexibility index (Phi) is 5.38. The van der Waals surface area contributed by atoms with Crippen LogP contribution in [0.3, 0.4) is 0 Å². The van der Waals surface area contributed by atoms with Crippen LogP contribution < -0.4 is 10.1 Å². The van der Waals surface area contributed by atoms with E-state index in [1.165, 1.54) is 6.92 Å². The minimum absolute atomic E-state index is 0.00644. The summed E-state index contributed by atoms with van der Waals surface area (Å²) in [6.45, 7) is 1.66. The fourth-order valence-electron chi connectivity index (χ4n) is 2.76. The standard InChI is InChI=1S/C22H18N4O4/c1-14(27)15-2-4-17(5-3-15)29-13-18-6-7-20(30-18)22(28)24-21-12-19(25-26-21)16-8-10-23-11-9-16/h2-12H,13H2,1H3,(H2,24,25,26,28). The van der Waals surface area contributed by atoms with Gasteiger partial charge in [0, 0.05) is 29.6 Å². The fourth-order valence-corrected chi connectivity index (χ4v) is 2.76. The summed E-state index contributed by atoms with van der Waals surface area (Å²) in [5.74, 6) is 1.20. The summed E-state index contributed by atoms with van der Waals surface area (Å²) >= 11 is 0. The molecule has 0 aliphatic heterocycles. The Morgan fingerprint density at radius 1 is 1.07 bits per heavy atom. The first-order valence-corrected chi connectivity index (χ1v) is 9.18. The van der Waals surface area contributed by atoms with Gasteiger partial charge in [0.2, 0.25) is 0 Å². The Morgan fingerprint density at radius 3 is 2.57 bits per heavy atom. The first-order valence-electron chi connectivity index (χ1n) is 9.18. The Bertz CT molecular complexity index is 1160. The molecule has 3 aromatic heterocycles. The smallest absolute Gasteiger partial charge is 0.292 e. The monoisotopic (exact) mass is 402 g/mol. The summed E-state index contributed by atoms with van der Waals surface area (Å²) in [6, 6.07) is 15.5. The highest BCUT2D eigenvalue weighted by Gasteiger charge is 2.14. The van der Waals surface area contributed by atoms with Gasteiger partial charge in [0.1, 0.15) is 18.1 Å². The van der Waals surface area contributed by atoms with E-state index in [1.54, 1.807) is 54.9 Å². The van der Waals surface area contributed by atoms with Crippen molar-refractivity contribution < 1.29 is 18.7 Å². The minimum atomic E-state index is -0.417. The molecule has 0 saturated heterocycles. The zero-order valence-electron chi connectivity index (χ0n) is 16.1. The van der Waals surface area contributed by atoms with Crippen molar-refractivity contribution in [1.82, 2.24) is 15.2 Å². The van der Waals surface area contributed by atoms with Crippen LogP contribution >= 0.6 is 0 Å². The van der Waals surface area contributed by atoms with Gasteiger partial charge in [0.15, 0.2) is 17.4 Å². The number of H-pyrrole nitrogens is 1. The molecule has 0 saturated carbocycles. The molecule has 2 N–H and O–H groups in total. The van der Waals surface area contributed by atoms with Gasteiger partial charge in [-0.15, -0.1) is 0 Å². The van der Waals surface area contributed by atoms with Crippen LogP contribution in [0.1, 0.15) is 33.6 Å². The highest BCUT2D eigenvalue weighted by Crippen LogP contribution is 2.20. The van der Waals surface area contributed by atoms with Gasteiger partial charge in [-0.2, -0.15) is 5.10 Å². The Labute approximate surface area is 171 Å². The third-order valence-corrected chi connectivity index (χ3v) is 4.34. The number of rotatable bonds is 7. The first kappa shape index (κ1) is 19.1. The fraction of sp³-hybridized carbons (Fsp3) is 0.0909. The molecule has 4 aromatic rings. The molecule has 0 bridgehead atoms. The van der Waals surface area contributed by atoms with E-state index >= 15 is 0 Å². The molecule has 30 heavy (non-hydrogen) atoms. The number of nitrogens with zero attached hydrogens (tertiary/aromatic N) is 2. The minimum Gasteiger partial charge on any atom is -0.486 e. The lowest BCUT2D eigenvalue weighted by molar-refractivity contribution is 0.0990. The number of anilines is 1. The lowest BCUT2D eigenvalue weighted by Gasteiger charge is -2.04. The summed E-state index contributed by atoms with van der Waals surface area (Å²) in [5.41, 5.74) is 2.29. The van der Waals surface area contributed by atoms with Crippen LogP contribution in [0.2, 0.25) is 0 Å². The van der Waals surface area contributed by atoms with Crippen molar-refractivity contribution in [2.45, 2.75) is 13.5 Å². The van der Waals surface area contributed by atoms with E-state index in [0.29, 0.717) is 22.9 Å². The number of pyridine rings is 1. The Morgan fingerprint density at radius 2 is 1.83 bits per heavy atom. The van der Waals surface area contributed by atoms with Crippen molar-refractivity contribution >= 4 is 17.5 Å². The van der Waals surface area contributed by atoms with E-state index in [9.17, 15) is 9.59 Å². The van der Waals surface area contributed by atoms with Gasteiger partial charge in [-0.25, -0.2) is 0 Å². The Hall–Kier alpha value is -4.20. The van der Waals surface area contributed by atoms with E-state index in [-0.39, 0.29) is 18.2 Å². The lowest BCUT2D eigenvalue weighted by atomic mass is 10.1.